The largest absolute Gasteiger partial charge is 0.477 e. The van der Waals surface area contributed by atoms with Gasteiger partial charge in [-0.1, -0.05) is 23.0 Å². The Morgan fingerprint density at radius 2 is 2.31 bits per heavy atom. The number of aromatic amines is 1. The number of carboxylic acid groups (broad SMARTS) is 1. The molecule has 0 aromatic carbocycles. The summed E-state index contributed by atoms with van der Waals surface area (Å²) in [7, 11) is 0. The fourth-order valence-electron chi connectivity index (χ4n) is 3.70. The Labute approximate surface area is 215 Å². The van der Waals surface area contributed by atoms with Crippen LogP contribution in [0.15, 0.2) is 33.7 Å². The molecule has 36 heavy (non-hydrogen) atoms. The van der Waals surface area contributed by atoms with E-state index in [1.807, 2.05) is 12.2 Å². The van der Waals surface area contributed by atoms with Gasteiger partial charge in [0.15, 0.2) is 5.13 Å². The highest BCUT2D eigenvalue weighted by molar-refractivity contribution is 8.01. The molecule has 1 aliphatic carbocycles. The molecule has 1 saturated heterocycles. The minimum absolute atomic E-state index is 0.0243. The number of carboxylic acids is 1. The summed E-state index contributed by atoms with van der Waals surface area (Å²) in [5, 5.41) is 29.7. The van der Waals surface area contributed by atoms with E-state index in [4.69, 9.17) is 10.6 Å². The first kappa shape index (κ1) is 24.2. The van der Waals surface area contributed by atoms with Crippen LogP contribution in [-0.4, -0.2) is 92.5 Å². The van der Waals surface area contributed by atoms with E-state index in [1.165, 1.54) is 28.4 Å². The first-order valence-corrected chi connectivity index (χ1v) is 13.3. The number of aliphatic carboxylic acids is 1. The molecule has 0 radical (unpaired) electrons. The molecule has 15 nitrogen and oxygen atoms in total. The van der Waals surface area contributed by atoms with Crippen LogP contribution in [-0.2, 0) is 19.2 Å². The first-order chi connectivity index (χ1) is 17.4. The molecule has 0 spiro atoms. The van der Waals surface area contributed by atoms with Gasteiger partial charge < -0.3 is 21.0 Å². The van der Waals surface area contributed by atoms with Crippen LogP contribution in [0.1, 0.15) is 18.7 Å². The molecule has 5 rings (SSSR count). The van der Waals surface area contributed by atoms with Crippen molar-refractivity contribution in [2.24, 2.45) is 5.16 Å². The van der Waals surface area contributed by atoms with Crippen molar-refractivity contribution >= 4 is 63.7 Å². The van der Waals surface area contributed by atoms with E-state index < -0.39 is 29.2 Å². The maximum Gasteiger partial charge on any atom is 0.352 e. The lowest BCUT2D eigenvalue weighted by atomic mass is 10.0. The van der Waals surface area contributed by atoms with Crippen molar-refractivity contribution < 1.29 is 24.3 Å². The number of nitrogens with one attached hydrogen (secondary N) is 2. The maximum absolute atomic E-state index is 13.1. The third-order valence-corrected chi connectivity index (χ3v) is 8.16. The Kier molecular flexibility index (Phi) is 6.88. The number of carbonyl (C=O) groups excluding carboxylic acids is 2. The minimum Gasteiger partial charge on any atom is -0.477 e. The zero-order valence-corrected chi connectivity index (χ0v) is 20.7. The van der Waals surface area contributed by atoms with Gasteiger partial charge in [-0.05, 0) is 29.7 Å². The highest BCUT2D eigenvalue weighted by Gasteiger charge is 2.54. The van der Waals surface area contributed by atoms with Crippen LogP contribution < -0.4 is 11.1 Å². The van der Waals surface area contributed by atoms with Crippen LogP contribution >= 0.6 is 35.1 Å². The molecule has 3 aliphatic rings. The number of β-lactam (4-membered cyclic amide) rings is 1. The van der Waals surface area contributed by atoms with Crippen molar-refractivity contribution in [3.8, 4) is 0 Å². The van der Waals surface area contributed by atoms with Gasteiger partial charge in [0.25, 0.3) is 11.8 Å². The number of oxime groups is 1. The number of tetrazole rings is 1. The quantitative estimate of drug-likeness (QED) is 0.103. The average molecular weight is 551 g/mol. The number of hydrogen-bond donors (Lipinski definition) is 4. The molecule has 4 heterocycles. The van der Waals surface area contributed by atoms with E-state index in [9.17, 15) is 19.5 Å². The van der Waals surface area contributed by atoms with Gasteiger partial charge in [-0.25, -0.2) is 4.79 Å². The molecule has 5 N–H and O–H groups in total. The number of hydrogen-bond acceptors (Lipinski definition) is 14. The number of rotatable bonds is 9. The normalized spacial score (nSPS) is 23.4. The molecular formula is C18H18N10O5S3. The molecular weight excluding hydrogens is 532 g/mol. The zero-order chi connectivity index (χ0) is 25.2. The fraction of sp³-hybridized carbons (Fsp3) is 0.389. The molecule has 188 valence electrons. The second-order valence-electron chi connectivity index (χ2n) is 7.65. The summed E-state index contributed by atoms with van der Waals surface area (Å²) in [4.78, 5) is 48.8. The predicted octanol–water partition coefficient (Wildman–Crippen LogP) is -0.396. The monoisotopic (exact) mass is 550 g/mol. The molecule has 3 unspecified atom stereocenters. The van der Waals surface area contributed by atoms with Gasteiger partial charge in [-0.2, -0.15) is 14.6 Å². The number of thioether (sulfide) groups is 2. The van der Waals surface area contributed by atoms with Crippen molar-refractivity contribution in [3.63, 3.8) is 0 Å². The molecule has 3 atom stereocenters. The van der Waals surface area contributed by atoms with Crippen molar-refractivity contribution in [1.29, 1.82) is 0 Å². The van der Waals surface area contributed by atoms with Crippen LogP contribution in [0.4, 0.5) is 5.13 Å². The fourth-order valence-corrected chi connectivity index (χ4v) is 6.35. The Bertz CT molecular complexity index is 1280. The van der Waals surface area contributed by atoms with Gasteiger partial charge >= 0.3 is 5.97 Å². The molecule has 18 heteroatoms. The highest BCUT2D eigenvalue weighted by Crippen LogP contribution is 2.41. The maximum atomic E-state index is 13.1. The Balaban J connectivity index is 1.31. The third kappa shape index (κ3) is 4.78. The van der Waals surface area contributed by atoms with Gasteiger partial charge in [0.2, 0.25) is 16.7 Å². The van der Waals surface area contributed by atoms with Crippen molar-refractivity contribution in [2.45, 2.75) is 35.5 Å². The van der Waals surface area contributed by atoms with E-state index in [0.29, 0.717) is 16.5 Å². The highest BCUT2D eigenvalue weighted by atomic mass is 32.2. The van der Waals surface area contributed by atoms with Crippen molar-refractivity contribution in [3.05, 3.63) is 29.2 Å². The molecule has 1 fully saturated rings. The lowest BCUT2D eigenvalue weighted by Crippen LogP contribution is -2.71. The van der Waals surface area contributed by atoms with Gasteiger partial charge in [0.05, 0.1) is 0 Å². The van der Waals surface area contributed by atoms with Crippen LogP contribution in [0.25, 0.3) is 0 Å². The Morgan fingerprint density at radius 1 is 1.44 bits per heavy atom. The van der Waals surface area contributed by atoms with Gasteiger partial charge in [0.1, 0.15) is 23.2 Å². The summed E-state index contributed by atoms with van der Waals surface area (Å²) in [5.74, 6) is -1.93. The summed E-state index contributed by atoms with van der Waals surface area (Å²) in [6.07, 6.45) is 5.05. The van der Waals surface area contributed by atoms with Crippen molar-refractivity contribution in [2.75, 3.05) is 17.2 Å². The summed E-state index contributed by atoms with van der Waals surface area (Å²) >= 11 is 3.43. The average Bonchev–Trinajstić information content (AvgIpc) is 3.64. The van der Waals surface area contributed by atoms with Crippen LogP contribution in [0, 0.1) is 0 Å². The standard InChI is InChI=1S/C18H18N10O5S3/c19-17-21-12(25-36-17)9(24-33-8-3-1-2-4-8)13(29)20-10-14(30)28-11(16(31)32)7(5-34-15(10)28)6-35-18-22-26-27-23-18/h1,3,8,10,15H,2,4-6H2,(H,20,29)(H,31,32)(H2,19,21,25)(H,22,23,26,27)/b24-9+. The van der Waals surface area contributed by atoms with E-state index >= 15 is 0 Å². The molecule has 0 bridgehead atoms. The van der Waals surface area contributed by atoms with Crippen LogP contribution in [0.5, 0.6) is 0 Å². The number of allylic oxidation sites excluding steroid dienone is 1. The summed E-state index contributed by atoms with van der Waals surface area (Å²) in [6, 6.07) is -0.962. The van der Waals surface area contributed by atoms with E-state index in [-0.39, 0.29) is 34.2 Å². The lowest BCUT2D eigenvalue weighted by molar-refractivity contribution is -0.150. The number of aromatic nitrogens is 6. The van der Waals surface area contributed by atoms with Gasteiger partial charge in [0, 0.05) is 23.0 Å². The topological polar surface area (TPSA) is 215 Å². The van der Waals surface area contributed by atoms with E-state index in [1.54, 1.807) is 0 Å². The number of fused-ring (bicyclic) bond motifs is 1. The number of nitrogens with zero attached hydrogens (tertiary/aromatic N) is 7. The SMILES string of the molecule is Nc1nc(/C(=N\OC2C=CCC2)C(=O)NC2C(=O)N3C(C(=O)O)=C(CSc4nn[nH]n4)CSC23)ns1. The smallest absolute Gasteiger partial charge is 0.352 e. The lowest BCUT2D eigenvalue weighted by Gasteiger charge is -2.49. The molecule has 2 aromatic rings. The van der Waals surface area contributed by atoms with Gasteiger partial charge in [-0.3, -0.25) is 14.5 Å². The van der Waals surface area contributed by atoms with E-state index in [2.05, 4.69) is 40.5 Å². The molecule has 2 aliphatic heterocycles. The number of carbonyl (C=O) groups is 3. The minimum atomic E-state index is -1.23. The predicted molar refractivity (Wildman–Crippen MR) is 129 cm³/mol. The number of H-pyrrole nitrogens is 1. The molecule has 2 amide bonds. The van der Waals surface area contributed by atoms with Crippen LogP contribution in [0.2, 0.25) is 0 Å². The number of amides is 2. The second-order valence-corrected chi connectivity index (χ2v) is 10.5. The first-order valence-electron chi connectivity index (χ1n) is 10.5. The third-order valence-electron chi connectivity index (χ3n) is 5.35. The Hall–Kier alpha value is -3.51. The van der Waals surface area contributed by atoms with Gasteiger partial charge in [-0.15, -0.1) is 22.0 Å². The summed E-state index contributed by atoms with van der Waals surface area (Å²) in [5.41, 5.74) is 5.87. The Morgan fingerprint density at radius 3 is 2.97 bits per heavy atom. The summed E-state index contributed by atoms with van der Waals surface area (Å²) in [6.45, 7) is 0. The zero-order valence-electron chi connectivity index (χ0n) is 18.2. The summed E-state index contributed by atoms with van der Waals surface area (Å²) < 4.78 is 4.03. The molecule has 0 saturated carbocycles. The second kappa shape index (κ2) is 10.2. The number of nitrogen functional groups attached to an aromatic ring is 1. The van der Waals surface area contributed by atoms with Crippen LogP contribution in [0.3, 0.4) is 0 Å². The molecule has 2 aromatic heterocycles. The van der Waals surface area contributed by atoms with E-state index in [0.717, 1.165) is 24.4 Å². The van der Waals surface area contributed by atoms with Crippen molar-refractivity contribution in [1.82, 2.24) is 40.2 Å². The number of nitrogens with two attached hydrogens (primary N) is 1. The number of anilines is 1.